The Morgan fingerprint density at radius 3 is 2.44 bits per heavy atom. The number of hydrogen-bond donors (Lipinski definition) is 3. The van der Waals surface area contributed by atoms with E-state index in [0.29, 0.717) is 11.9 Å². The average molecular weight is 539 g/mol. The van der Waals surface area contributed by atoms with Crippen molar-refractivity contribution >= 4 is 34.4 Å². The van der Waals surface area contributed by atoms with Crippen LogP contribution in [0.5, 0.6) is 0 Å². The number of hydrogen-bond acceptors (Lipinski definition) is 7. The number of ether oxygens (including phenoxy) is 1. The molecule has 6 atom stereocenters. The Morgan fingerprint density at radius 2 is 1.82 bits per heavy atom. The Hall–Kier alpha value is -3.60. The van der Waals surface area contributed by atoms with Crippen LogP contribution in [0.2, 0.25) is 0 Å². The van der Waals surface area contributed by atoms with E-state index < -0.39 is 47.4 Å². The van der Waals surface area contributed by atoms with Crippen LogP contribution in [0.15, 0.2) is 30.5 Å². The SMILES string of the molecule is COC(C)C(=O)NC(C(=O)N1C[C@H]2[C@@H]([C@H]1C(=O)NC(C(N)=O)c1nncc3ccccc13)C2(C)C)C(C)(C)C. The van der Waals surface area contributed by atoms with Gasteiger partial charge in [-0.2, -0.15) is 10.2 Å². The maximum Gasteiger partial charge on any atom is 0.249 e. The number of nitrogens with two attached hydrogens (primary N) is 1. The van der Waals surface area contributed by atoms with Crippen molar-refractivity contribution < 1.29 is 23.9 Å². The molecule has 1 saturated heterocycles. The first-order valence-electron chi connectivity index (χ1n) is 13.1. The maximum absolute atomic E-state index is 14.0. The van der Waals surface area contributed by atoms with E-state index in [-0.39, 0.29) is 28.9 Å². The summed E-state index contributed by atoms with van der Waals surface area (Å²) in [4.78, 5) is 54.7. The minimum atomic E-state index is -1.24. The zero-order chi connectivity index (χ0) is 28.9. The van der Waals surface area contributed by atoms with Crippen LogP contribution in [0, 0.1) is 22.7 Å². The Kier molecular flexibility index (Phi) is 7.41. The monoisotopic (exact) mass is 538 g/mol. The molecule has 1 aliphatic heterocycles. The standard InChI is InChI=1S/C28H38N6O5/c1-14(39-7)24(36)32-22(27(2,3)4)26(38)34-13-17-18(28(17,5)6)21(34)25(37)31-20(23(29)35)19-16-11-9-8-10-15(16)12-30-33-19/h8-12,14,17-18,20-22H,13H2,1-7H3,(H2,29,35)(H,31,37)(H,32,36)/t14?,17-,18-,20?,21-,22?/m0/s1. The van der Waals surface area contributed by atoms with Gasteiger partial charge in [0.25, 0.3) is 0 Å². The van der Waals surface area contributed by atoms with Gasteiger partial charge in [-0.15, -0.1) is 0 Å². The molecule has 1 aliphatic carbocycles. The lowest BCUT2D eigenvalue weighted by atomic mass is 9.85. The number of fused-ring (bicyclic) bond motifs is 2. The molecule has 2 fully saturated rings. The number of likely N-dealkylation sites (tertiary alicyclic amines) is 1. The summed E-state index contributed by atoms with van der Waals surface area (Å²) in [5.41, 5.74) is 5.18. The molecule has 39 heavy (non-hydrogen) atoms. The Bertz CT molecular complexity index is 1300. The van der Waals surface area contributed by atoms with Gasteiger partial charge >= 0.3 is 0 Å². The second-order valence-corrected chi connectivity index (χ2v) is 12.2. The number of nitrogens with one attached hydrogen (secondary N) is 2. The van der Waals surface area contributed by atoms with Gasteiger partial charge in [0.1, 0.15) is 23.9 Å². The fraction of sp³-hybridized carbons (Fsp3) is 0.571. The third-order valence-corrected chi connectivity index (χ3v) is 8.33. The quantitative estimate of drug-likeness (QED) is 0.457. The highest BCUT2D eigenvalue weighted by Crippen LogP contribution is 2.65. The van der Waals surface area contributed by atoms with E-state index in [2.05, 4.69) is 34.7 Å². The number of carbonyl (C=O) groups excluding carboxylic acids is 4. The molecule has 210 valence electrons. The predicted molar refractivity (Wildman–Crippen MR) is 144 cm³/mol. The normalized spacial score (nSPS) is 23.9. The van der Waals surface area contributed by atoms with Crippen LogP contribution in [0.3, 0.4) is 0 Å². The van der Waals surface area contributed by atoms with Gasteiger partial charge in [-0.1, -0.05) is 58.9 Å². The number of primary amides is 1. The molecule has 4 N–H and O–H groups in total. The maximum atomic E-state index is 14.0. The molecule has 2 aliphatic rings. The summed E-state index contributed by atoms with van der Waals surface area (Å²) < 4.78 is 5.12. The van der Waals surface area contributed by atoms with Crippen molar-refractivity contribution in [2.75, 3.05) is 13.7 Å². The zero-order valence-corrected chi connectivity index (χ0v) is 23.5. The summed E-state index contributed by atoms with van der Waals surface area (Å²) >= 11 is 0. The van der Waals surface area contributed by atoms with Gasteiger partial charge in [-0.3, -0.25) is 19.2 Å². The number of nitrogens with zero attached hydrogens (tertiary/aromatic N) is 3. The first-order valence-corrected chi connectivity index (χ1v) is 13.1. The topological polar surface area (TPSA) is 157 Å². The molecule has 0 bridgehead atoms. The Balaban J connectivity index is 1.65. The van der Waals surface area contributed by atoms with Crippen molar-refractivity contribution in [3.63, 3.8) is 0 Å². The molecule has 0 radical (unpaired) electrons. The van der Waals surface area contributed by atoms with Gasteiger partial charge in [-0.25, -0.2) is 0 Å². The Morgan fingerprint density at radius 1 is 1.15 bits per heavy atom. The summed E-state index contributed by atoms with van der Waals surface area (Å²) in [5.74, 6) is -2.06. The third-order valence-electron chi connectivity index (χ3n) is 8.33. The van der Waals surface area contributed by atoms with E-state index >= 15 is 0 Å². The summed E-state index contributed by atoms with van der Waals surface area (Å²) in [6, 6.07) is 4.26. The highest BCUT2D eigenvalue weighted by molar-refractivity contribution is 5.97. The van der Waals surface area contributed by atoms with E-state index in [1.54, 1.807) is 25.3 Å². The summed E-state index contributed by atoms with van der Waals surface area (Å²) in [6.07, 6.45) is 0.824. The Labute approximate surface area is 228 Å². The molecule has 4 amide bonds. The van der Waals surface area contributed by atoms with Crippen LogP contribution in [-0.4, -0.2) is 70.6 Å². The highest BCUT2D eigenvalue weighted by atomic mass is 16.5. The number of benzene rings is 1. The zero-order valence-electron chi connectivity index (χ0n) is 23.5. The fourth-order valence-electron chi connectivity index (χ4n) is 5.76. The first kappa shape index (κ1) is 28.4. The number of amides is 4. The number of carbonyl (C=O) groups is 4. The van der Waals surface area contributed by atoms with E-state index in [4.69, 9.17) is 10.5 Å². The number of aromatic nitrogens is 2. The molecule has 1 aromatic carbocycles. The van der Waals surface area contributed by atoms with Gasteiger partial charge in [0, 0.05) is 24.4 Å². The van der Waals surface area contributed by atoms with Crippen LogP contribution < -0.4 is 16.4 Å². The summed E-state index contributed by atoms with van der Waals surface area (Å²) in [6.45, 7) is 11.7. The average Bonchev–Trinajstić information content (AvgIpc) is 3.20. The number of rotatable bonds is 8. The van der Waals surface area contributed by atoms with Crippen LogP contribution >= 0.6 is 0 Å². The third kappa shape index (κ3) is 5.19. The molecular formula is C28H38N6O5. The van der Waals surface area contributed by atoms with Gasteiger partial charge in [-0.05, 0) is 29.6 Å². The second-order valence-electron chi connectivity index (χ2n) is 12.2. The smallest absolute Gasteiger partial charge is 0.249 e. The van der Waals surface area contributed by atoms with Crippen molar-refractivity contribution in [1.82, 2.24) is 25.7 Å². The molecule has 3 unspecified atom stereocenters. The van der Waals surface area contributed by atoms with Crippen LogP contribution in [0.4, 0.5) is 0 Å². The molecule has 1 saturated carbocycles. The van der Waals surface area contributed by atoms with Crippen molar-refractivity contribution in [3.8, 4) is 0 Å². The highest BCUT2D eigenvalue weighted by Gasteiger charge is 2.70. The van der Waals surface area contributed by atoms with Gasteiger partial charge < -0.3 is 26.0 Å². The molecule has 0 spiro atoms. The lowest BCUT2D eigenvalue weighted by Crippen LogP contribution is -2.60. The van der Waals surface area contributed by atoms with E-state index in [1.165, 1.54) is 12.0 Å². The fourth-order valence-corrected chi connectivity index (χ4v) is 5.76. The number of methoxy groups -OCH3 is 1. The molecule has 11 nitrogen and oxygen atoms in total. The van der Waals surface area contributed by atoms with E-state index in [1.807, 2.05) is 32.9 Å². The molecule has 2 aromatic rings. The minimum absolute atomic E-state index is 0.107. The molecular weight excluding hydrogens is 500 g/mol. The molecule has 1 aromatic heterocycles. The predicted octanol–water partition coefficient (Wildman–Crippen LogP) is 1.32. The largest absolute Gasteiger partial charge is 0.372 e. The van der Waals surface area contributed by atoms with Crippen molar-refractivity contribution in [2.24, 2.45) is 28.4 Å². The lowest BCUT2D eigenvalue weighted by molar-refractivity contribution is -0.147. The summed E-state index contributed by atoms with van der Waals surface area (Å²) in [7, 11) is 1.42. The van der Waals surface area contributed by atoms with Crippen molar-refractivity contribution in [2.45, 2.75) is 65.8 Å². The van der Waals surface area contributed by atoms with Gasteiger partial charge in [0.05, 0.1) is 6.20 Å². The van der Waals surface area contributed by atoms with Crippen molar-refractivity contribution in [1.29, 1.82) is 0 Å². The van der Waals surface area contributed by atoms with Gasteiger partial charge in [0.2, 0.25) is 23.6 Å². The lowest BCUT2D eigenvalue weighted by Gasteiger charge is -2.38. The van der Waals surface area contributed by atoms with Crippen LogP contribution in [-0.2, 0) is 23.9 Å². The molecule has 11 heteroatoms. The number of piperidine rings is 1. The van der Waals surface area contributed by atoms with E-state index in [9.17, 15) is 19.2 Å². The van der Waals surface area contributed by atoms with Crippen molar-refractivity contribution in [3.05, 3.63) is 36.2 Å². The second kappa shape index (κ2) is 10.2. The summed E-state index contributed by atoms with van der Waals surface area (Å²) in [5, 5.41) is 15.1. The molecule has 2 heterocycles. The van der Waals surface area contributed by atoms with Crippen LogP contribution in [0.25, 0.3) is 10.8 Å². The molecule has 4 rings (SSSR count). The van der Waals surface area contributed by atoms with Gasteiger partial charge in [0.15, 0.2) is 6.04 Å². The first-order chi connectivity index (χ1) is 18.2. The van der Waals surface area contributed by atoms with E-state index in [0.717, 1.165) is 5.39 Å². The minimum Gasteiger partial charge on any atom is -0.372 e. The van der Waals surface area contributed by atoms with Crippen LogP contribution in [0.1, 0.15) is 53.3 Å².